The van der Waals surface area contributed by atoms with E-state index in [1.807, 2.05) is 0 Å². The second-order valence-corrected chi connectivity index (χ2v) is 13.4. The Labute approximate surface area is 256 Å². The molecule has 0 spiro atoms. The van der Waals surface area contributed by atoms with E-state index in [9.17, 15) is 28.8 Å². The Morgan fingerprint density at radius 3 is 2.67 bits per heavy atom. The maximum atomic E-state index is 13.3. The fourth-order valence-electron chi connectivity index (χ4n) is 6.10. The van der Waals surface area contributed by atoms with Crippen molar-refractivity contribution >= 4 is 62.4 Å². The molecule has 4 amide bonds. The van der Waals surface area contributed by atoms with Gasteiger partial charge in [-0.2, -0.15) is 0 Å². The number of halogens is 1. The number of hydrogen-bond acceptors (Lipinski definition) is 7. The van der Waals surface area contributed by atoms with Crippen molar-refractivity contribution in [3.05, 3.63) is 49.5 Å². The maximum absolute atomic E-state index is 13.3. The highest BCUT2D eigenvalue weighted by Gasteiger charge is 2.38. The summed E-state index contributed by atoms with van der Waals surface area (Å²) in [4.78, 5) is 76.0. The monoisotopic (exact) mass is 661 g/mol. The molecule has 2 aliphatic rings. The topological polar surface area (TPSA) is 155 Å². The Bertz CT molecular complexity index is 1400. The van der Waals surface area contributed by atoms with Gasteiger partial charge in [0.2, 0.25) is 17.6 Å². The molecule has 11 nitrogen and oxygen atoms in total. The van der Waals surface area contributed by atoms with Crippen LogP contribution in [0.1, 0.15) is 62.2 Å². The predicted molar refractivity (Wildman–Crippen MR) is 162 cm³/mol. The zero-order valence-corrected chi connectivity index (χ0v) is 26.0. The molecular formula is C29H36BrN5O6S. The number of pyridine rings is 1. The summed E-state index contributed by atoms with van der Waals surface area (Å²) in [5, 5.41) is 12.1. The van der Waals surface area contributed by atoms with Crippen LogP contribution in [0.3, 0.4) is 0 Å². The van der Waals surface area contributed by atoms with Gasteiger partial charge in [-0.3, -0.25) is 28.8 Å². The minimum atomic E-state index is -1.21. The second kappa shape index (κ2) is 14.2. The first-order valence-corrected chi connectivity index (χ1v) is 15.8. The van der Waals surface area contributed by atoms with Crippen LogP contribution in [-0.4, -0.2) is 53.1 Å². The number of amides is 4. The molecule has 0 radical (unpaired) electrons. The van der Waals surface area contributed by atoms with Crippen molar-refractivity contribution in [1.82, 2.24) is 20.5 Å². The third-order valence-corrected chi connectivity index (χ3v) is 9.67. The molecule has 0 saturated heterocycles. The highest BCUT2D eigenvalue weighted by molar-refractivity contribution is 9.11. The molecule has 226 valence electrons. The highest BCUT2D eigenvalue weighted by Crippen LogP contribution is 2.42. The van der Waals surface area contributed by atoms with Gasteiger partial charge in [0.15, 0.2) is 0 Å². The van der Waals surface area contributed by atoms with E-state index in [2.05, 4.69) is 44.1 Å². The van der Waals surface area contributed by atoms with E-state index in [4.69, 9.17) is 0 Å². The first kappa shape index (κ1) is 31.6. The molecule has 13 heteroatoms. The normalized spacial score (nSPS) is 22.0. The van der Waals surface area contributed by atoms with Crippen molar-refractivity contribution in [1.29, 1.82) is 0 Å². The van der Waals surface area contributed by atoms with Crippen molar-refractivity contribution in [2.75, 3.05) is 12.4 Å². The first-order valence-electron chi connectivity index (χ1n) is 14.1. The molecule has 2 fully saturated rings. The average Bonchev–Trinajstić information content (AvgIpc) is 3.41. The number of aromatic nitrogens is 1. The largest absolute Gasteiger partial charge is 0.353 e. The summed E-state index contributed by atoms with van der Waals surface area (Å²) in [6.45, 7) is 1.97. The van der Waals surface area contributed by atoms with Crippen molar-refractivity contribution in [3.63, 3.8) is 0 Å². The molecule has 2 bridgehead atoms. The summed E-state index contributed by atoms with van der Waals surface area (Å²) >= 11 is 4.58. The number of nitrogens with zero attached hydrogens (tertiary/aromatic N) is 1. The molecule has 2 saturated carbocycles. The van der Waals surface area contributed by atoms with Crippen molar-refractivity contribution in [2.24, 2.45) is 17.8 Å². The summed E-state index contributed by atoms with van der Waals surface area (Å²) in [7, 11) is 1.32. The number of likely N-dealkylation sites (N-methyl/N-ethyl adjacent to an activating group) is 1. The Morgan fingerprint density at radius 2 is 1.95 bits per heavy atom. The fraction of sp³-hybridized carbons (Fsp3) is 0.517. The Hall–Kier alpha value is -3.32. The van der Waals surface area contributed by atoms with Crippen LogP contribution in [0, 0.1) is 17.8 Å². The minimum Gasteiger partial charge on any atom is -0.353 e. The molecule has 2 aliphatic carbocycles. The van der Waals surface area contributed by atoms with Crippen LogP contribution in [-0.2, 0) is 25.7 Å². The van der Waals surface area contributed by atoms with Crippen molar-refractivity contribution in [3.8, 4) is 0 Å². The van der Waals surface area contributed by atoms with Crippen LogP contribution >= 0.6 is 27.3 Å². The van der Waals surface area contributed by atoms with Crippen LogP contribution in [0.2, 0.25) is 0 Å². The lowest BCUT2D eigenvalue weighted by molar-refractivity contribution is -0.137. The standard InChI is InChI=1S/C29H36BrN5O6S/c1-16-11-17-5-3-6-18(12-17)25(16)34-24(37)14-35-10-4-7-21(29(35)41)33-27(39)20(8-9-22(36)28(40)31-2)32-26(38)19-13-23(30)42-15-19/h4,7,10,13,15-18,20,25H,3,5-6,8-9,11-12,14H2,1-2H3,(H,31,40)(H,32,38)(H,33,39)(H,34,37). The number of nitrogens with one attached hydrogen (secondary N) is 4. The van der Waals surface area contributed by atoms with Crippen LogP contribution in [0.4, 0.5) is 5.69 Å². The van der Waals surface area contributed by atoms with Crippen LogP contribution < -0.4 is 26.8 Å². The van der Waals surface area contributed by atoms with E-state index >= 15 is 0 Å². The number of ketones is 1. The van der Waals surface area contributed by atoms with Gasteiger partial charge in [-0.05, 0) is 77.6 Å². The minimum absolute atomic E-state index is 0.0772. The quantitative estimate of drug-likeness (QED) is 0.272. The number of fused-ring (bicyclic) bond motifs is 2. The van der Waals surface area contributed by atoms with Crippen LogP contribution in [0.25, 0.3) is 0 Å². The Balaban J connectivity index is 1.43. The molecule has 42 heavy (non-hydrogen) atoms. The summed E-state index contributed by atoms with van der Waals surface area (Å²) < 4.78 is 1.95. The molecule has 0 aliphatic heterocycles. The summed E-state index contributed by atoms with van der Waals surface area (Å²) in [5.74, 6) is -1.53. The number of carbonyl (C=O) groups excluding carboxylic acids is 5. The zero-order valence-electron chi connectivity index (χ0n) is 23.6. The van der Waals surface area contributed by atoms with Crippen molar-refractivity contribution < 1.29 is 24.0 Å². The van der Waals surface area contributed by atoms with Gasteiger partial charge in [0.25, 0.3) is 17.4 Å². The summed E-state index contributed by atoms with van der Waals surface area (Å²) in [5.41, 5.74) is -0.346. The number of anilines is 1. The molecule has 4 rings (SSSR count). The van der Waals surface area contributed by atoms with E-state index in [0.717, 1.165) is 29.0 Å². The number of carbonyl (C=O) groups is 5. The van der Waals surface area contributed by atoms with Gasteiger partial charge in [0.1, 0.15) is 18.3 Å². The smallest absolute Gasteiger partial charge is 0.287 e. The van der Waals surface area contributed by atoms with Gasteiger partial charge in [-0.15, -0.1) is 11.3 Å². The Kier molecular flexibility index (Phi) is 10.7. The lowest BCUT2D eigenvalue weighted by Crippen LogP contribution is -2.50. The second-order valence-electron chi connectivity index (χ2n) is 11.1. The lowest BCUT2D eigenvalue weighted by Gasteiger charge is -2.44. The van der Waals surface area contributed by atoms with E-state index in [1.54, 1.807) is 17.5 Å². The molecule has 5 atom stereocenters. The van der Waals surface area contributed by atoms with E-state index in [-0.39, 0.29) is 37.0 Å². The van der Waals surface area contributed by atoms with Gasteiger partial charge in [-0.25, -0.2) is 0 Å². The SMILES string of the molecule is CNC(=O)C(=O)CCC(NC(=O)c1csc(Br)c1)C(=O)Nc1cccn(CC(=O)NC2C(C)CC3CCCC2C3)c1=O. The fourth-order valence-corrected chi connectivity index (χ4v) is 7.24. The molecule has 0 aromatic carbocycles. The van der Waals surface area contributed by atoms with Crippen LogP contribution in [0.5, 0.6) is 0 Å². The molecule has 2 aromatic heterocycles. The third kappa shape index (κ3) is 7.94. The van der Waals surface area contributed by atoms with Gasteiger partial charge in [-0.1, -0.05) is 19.8 Å². The third-order valence-electron chi connectivity index (χ3n) is 8.16. The van der Waals surface area contributed by atoms with Gasteiger partial charge in [0, 0.05) is 31.1 Å². The molecule has 2 heterocycles. The maximum Gasteiger partial charge on any atom is 0.287 e. The molecular weight excluding hydrogens is 626 g/mol. The van der Waals surface area contributed by atoms with E-state index in [0.29, 0.717) is 17.4 Å². The molecule has 5 unspecified atom stereocenters. The molecule has 4 N–H and O–H groups in total. The predicted octanol–water partition coefficient (Wildman–Crippen LogP) is 2.84. The summed E-state index contributed by atoms with van der Waals surface area (Å²) in [6.07, 6.45) is 6.79. The molecule has 2 aromatic rings. The van der Waals surface area contributed by atoms with Crippen molar-refractivity contribution in [2.45, 2.75) is 70.5 Å². The highest BCUT2D eigenvalue weighted by atomic mass is 79.9. The van der Waals surface area contributed by atoms with Crippen LogP contribution in [0.15, 0.2) is 38.4 Å². The Morgan fingerprint density at radius 1 is 1.17 bits per heavy atom. The number of thiophene rings is 1. The average molecular weight is 663 g/mol. The van der Waals surface area contributed by atoms with E-state index < -0.39 is 35.1 Å². The van der Waals surface area contributed by atoms with Gasteiger partial charge >= 0.3 is 0 Å². The van der Waals surface area contributed by atoms with Gasteiger partial charge in [0.05, 0.1) is 9.35 Å². The lowest BCUT2D eigenvalue weighted by atomic mass is 9.65. The summed E-state index contributed by atoms with van der Waals surface area (Å²) in [6, 6.07) is 3.41. The van der Waals surface area contributed by atoms with Gasteiger partial charge < -0.3 is 25.8 Å². The number of rotatable bonds is 11. The number of Topliss-reactive ketones (excluding diaryl/α,β-unsaturated/α-hetero) is 1. The van der Waals surface area contributed by atoms with E-state index in [1.165, 1.54) is 48.1 Å². The first-order chi connectivity index (χ1) is 20.0. The zero-order chi connectivity index (χ0) is 30.4. The number of hydrogen-bond donors (Lipinski definition) is 4.